The Morgan fingerprint density at radius 3 is 2.59 bits per heavy atom. The highest BCUT2D eigenvalue weighted by Gasteiger charge is 2.19. The summed E-state index contributed by atoms with van der Waals surface area (Å²) in [4.78, 5) is 14.7. The maximum absolute atomic E-state index is 12.3. The summed E-state index contributed by atoms with van der Waals surface area (Å²) < 4.78 is 7.65. The number of rotatable bonds is 11. The molecule has 0 atom stereocenters. The minimum absolute atomic E-state index is 0.119. The summed E-state index contributed by atoms with van der Waals surface area (Å²) in [6.07, 6.45) is 5.17. The van der Waals surface area contributed by atoms with E-state index in [1.165, 1.54) is 19.3 Å². The molecule has 0 saturated carbocycles. The molecule has 4 rings (SSSR count). The molecular formula is C26H33N5O2S. The van der Waals surface area contributed by atoms with Crippen LogP contribution in [0.4, 0.5) is 0 Å². The summed E-state index contributed by atoms with van der Waals surface area (Å²) >= 11 is 1.61. The number of nitrogens with one attached hydrogen (secondary N) is 1. The Labute approximate surface area is 205 Å². The van der Waals surface area contributed by atoms with Crippen LogP contribution < -0.4 is 10.1 Å². The molecule has 0 unspecified atom stereocenters. The average Bonchev–Trinajstić information content (AvgIpc) is 3.31. The Bertz CT molecular complexity index is 1050. The zero-order valence-corrected chi connectivity index (χ0v) is 20.6. The van der Waals surface area contributed by atoms with E-state index >= 15 is 0 Å². The van der Waals surface area contributed by atoms with Gasteiger partial charge < -0.3 is 15.0 Å². The second kappa shape index (κ2) is 12.6. The Kier molecular flexibility index (Phi) is 8.98. The van der Waals surface area contributed by atoms with E-state index in [1.54, 1.807) is 18.9 Å². The van der Waals surface area contributed by atoms with Gasteiger partial charge in [0.2, 0.25) is 5.91 Å². The predicted molar refractivity (Wildman–Crippen MR) is 137 cm³/mol. The molecule has 8 heteroatoms. The van der Waals surface area contributed by atoms with Gasteiger partial charge in [-0.2, -0.15) is 0 Å². The van der Waals surface area contributed by atoms with Crippen molar-refractivity contribution in [2.45, 2.75) is 37.3 Å². The van der Waals surface area contributed by atoms with Crippen molar-refractivity contribution in [3.63, 3.8) is 0 Å². The van der Waals surface area contributed by atoms with Gasteiger partial charge in [0, 0.05) is 30.8 Å². The van der Waals surface area contributed by atoms with Gasteiger partial charge in [0.25, 0.3) is 0 Å². The van der Waals surface area contributed by atoms with Gasteiger partial charge >= 0.3 is 0 Å². The van der Waals surface area contributed by atoms with E-state index < -0.39 is 0 Å². The van der Waals surface area contributed by atoms with E-state index in [-0.39, 0.29) is 5.91 Å². The van der Waals surface area contributed by atoms with Crippen LogP contribution in [-0.2, 0) is 4.79 Å². The molecule has 0 spiro atoms. The number of ether oxygens (including phenoxy) is 1. The van der Waals surface area contributed by atoms with Gasteiger partial charge in [-0.1, -0.05) is 60.6 Å². The maximum Gasteiger partial charge on any atom is 0.220 e. The fourth-order valence-electron chi connectivity index (χ4n) is 4.19. The number of benzene rings is 2. The highest BCUT2D eigenvalue weighted by molar-refractivity contribution is 7.99. The summed E-state index contributed by atoms with van der Waals surface area (Å²) in [6.45, 7) is 3.99. The van der Waals surface area contributed by atoms with Crippen LogP contribution >= 0.6 is 11.8 Å². The van der Waals surface area contributed by atoms with E-state index in [0.717, 1.165) is 66.3 Å². The topological polar surface area (TPSA) is 72.3 Å². The van der Waals surface area contributed by atoms with Crippen molar-refractivity contribution in [1.82, 2.24) is 25.0 Å². The lowest BCUT2D eigenvalue weighted by Gasteiger charge is -2.26. The third kappa shape index (κ3) is 6.39. The lowest BCUT2D eigenvalue weighted by molar-refractivity contribution is -0.121. The van der Waals surface area contributed by atoms with Crippen molar-refractivity contribution in [3.8, 4) is 22.8 Å². The summed E-state index contributed by atoms with van der Waals surface area (Å²) in [6, 6.07) is 17.9. The fourth-order valence-corrected chi connectivity index (χ4v) is 5.07. The number of piperidine rings is 1. The third-order valence-corrected chi connectivity index (χ3v) is 6.98. The molecule has 1 saturated heterocycles. The second-order valence-electron chi connectivity index (χ2n) is 8.38. The van der Waals surface area contributed by atoms with Crippen molar-refractivity contribution in [3.05, 3.63) is 54.6 Å². The van der Waals surface area contributed by atoms with Crippen molar-refractivity contribution < 1.29 is 9.53 Å². The number of hydrogen-bond acceptors (Lipinski definition) is 6. The molecule has 2 aromatic carbocycles. The lowest BCUT2D eigenvalue weighted by atomic mass is 10.1. The Balaban J connectivity index is 1.35. The second-order valence-corrected chi connectivity index (χ2v) is 9.45. The number of nitrogens with zero attached hydrogens (tertiary/aromatic N) is 4. The first-order valence-electron chi connectivity index (χ1n) is 12.0. The zero-order valence-electron chi connectivity index (χ0n) is 19.8. The van der Waals surface area contributed by atoms with Crippen molar-refractivity contribution in [2.24, 2.45) is 0 Å². The molecule has 34 heavy (non-hydrogen) atoms. The molecule has 1 aliphatic rings. The zero-order chi connectivity index (χ0) is 23.6. The van der Waals surface area contributed by atoms with Crippen LogP contribution in [-0.4, -0.2) is 64.6 Å². The van der Waals surface area contributed by atoms with Crippen molar-refractivity contribution >= 4 is 17.7 Å². The molecule has 1 N–H and O–H groups in total. The van der Waals surface area contributed by atoms with Gasteiger partial charge in [-0.05, 0) is 44.5 Å². The predicted octanol–water partition coefficient (Wildman–Crippen LogP) is 4.42. The number of methoxy groups -OCH3 is 1. The number of carbonyl (C=O) groups excluding carboxylic acids is 1. The number of hydrogen-bond donors (Lipinski definition) is 1. The van der Waals surface area contributed by atoms with Crippen LogP contribution in [0.25, 0.3) is 17.1 Å². The van der Waals surface area contributed by atoms with Gasteiger partial charge in [0.1, 0.15) is 5.75 Å². The molecule has 1 fully saturated rings. The average molecular weight is 480 g/mol. The Morgan fingerprint density at radius 1 is 1.03 bits per heavy atom. The normalized spacial score (nSPS) is 14.1. The smallest absolute Gasteiger partial charge is 0.220 e. The van der Waals surface area contributed by atoms with Crippen LogP contribution in [0.3, 0.4) is 0 Å². The Morgan fingerprint density at radius 2 is 1.79 bits per heavy atom. The molecule has 1 aromatic heterocycles. The van der Waals surface area contributed by atoms with Crippen LogP contribution in [0, 0.1) is 0 Å². The molecule has 180 valence electrons. The molecule has 7 nitrogen and oxygen atoms in total. The SMILES string of the molecule is COc1ccccc1-n1c(SCCCC(=O)NCCN2CCCCC2)nnc1-c1ccccc1. The van der Waals surface area contributed by atoms with E-state index in [4.69, 9.17) is 4.74 Å². The third-order valence-electron chi connectivity index (χ3n) is 5.97. The number of aromatic nitrogens is 3. The van der Waals surface area contributed by atoms with E-state index in [0.29, 0.717) is 6.42 Å². The largest absolute Gasteiger partial charge is 0.495 e. The first-order chi connectivity index (χ1) is 16.8. The summed E-state index contributed by atoms with van der Waals surface area (Å²) in [7, 11) is 1.67. The summed E-state index contributed by atoms with van der Waals surface area (Å²) in [5.74, 6) is 2.42. The highest BCUT2D eigenvalue weighted by atomic mass is 32.2. The van der Waals surface area contributed by atoms with E-state index in [9.17, 15) is 4.79 Å². The molecule has 0 aliphatic carbocycles. The minimum Gasteiger partial charge on any atom is -0.495 e. The van der Waals surface area contributed by atoms with E-state index in [2.05, 4.69) is 20.4 Å². The van der Waals surface area contributed by atoms with Crippen LogP contribution in [0.2, 0.25) is 0 Å². The van der Waals surface area contributed by atoms with Gasteiger partial charge in [0.15, 0.2) is 11.0 Å². The number of carbonyl (C=O) groups is 1. The number of para-hydroxylation sites is 2. The van der Waals surface area contributed by atoms with Gasteiger partial charge in [-0.3, -0.25) is 9.36 Å². The van der Waals surface area contributed by atoms with Gasteiger partial charge in [-0.25, -0.2) is 0 Å². The number of likely N-dealkylation sites (tertiary alicyclic amines) is 1. The fraction of sp³-hybridized carbons (Fsp3) is 0.423. The molecule has 1 aliphatic heterocycles. The van der Waals surface area contributed by atoms with Crippen molar-refractivity contribution in [1.29, 1.82) is 0 Å². The minimum atomic E-state index is 0.119. The van der Waals surface area contributed by atoms with Gasteiger partial charge in [-0.15, -0.1) is 10.2 Å². The van der Waals surface area contributed by atoms with Crippen molar-refractivity contribution in [2.75, 3.05) is 39.0 Å². The molecule has 2 heterocycles. The summed E-state index contributed by atoms with van der Waals surface area (Å²) in [5, 5.41) is 12.8. The molecule has 1 amide bonds. The van der Waals surface area contributed by atoms with Crippen LogP contribution in [0.5, 0.6) is 5.75 Å². The quantitative estimate of drug-likeness (QED) is 0.324. The highest BCUT2D eigenvalue weighted by Crippen LogP contribution is 2.32. The van der Waals surface area contributed by atoms with E-state index in [1.807, 2.05) is 59.2 Å². The Hall–Kier alpha value is -2.84. The lowest BCUT2D eigenvalue weighted by Crippen LogP contribution is -2.37. The molecule has 0 bridgehead atoms. The first-order valence-corrected chi connectivity index (χ1v) is 13.0. The molecule has 3 aromatic rings. The summed E-state index contributed by atoms with van der Waals surface area (Å²) in [5.41, 5.74) is 1.88. The number of amides is 1. The molecule has 0 radical (unpaired) electrons. The standard InChI is InChI=1S/C26H33N5O2S/c1-33-23-14-7-6-13-22(23)31-25(21-11-4-2-5-12-21)28-29-26(31)34-20-10-15-24(32)27-16-19-30-17-8-3-9-18-30/h2,4-7,11-14H,3,8-10,15-20H2,1H3,(H,27,32). The van der Waals surface area contributed by atoms with Gasteiger partial charge in [0.05, 0.1) is 12.8 Å². The van der Waals surface area contributed by atoms with Crippen LogP contribution in [0.15, 0.2) is 59.8 Å². The van der Waals surface area contributed by atoms with Crippen LogP contribution in [0.1, 0.15) is 32.1 Å². The monoisotopic (exact) mass is 479 g/mol. The number of thioether (sulfide) groups is 1. The maximum atomic E-state index is 12.3. The first kappa shape index (κ1) is 24.3. The molecular weight excluding hydrogens is 446 g/mol.